The molecule has 0 bridgehead atoms. The summed E-state index contributed by atoms with van der Waals surface area (Å²) in [6.07, 6.45) is 3.77. The summed E-state index contributed by atoms with van der Waals surface area (Å²) < 4.78 is 0. The number of nitrogens with zero attached hydrogens (tertiary/aromatic N) is 1. The van der Waals surface area contributed by atoms with Gasteiger partial charge in [0.15, 0.2) is 0 Å². The molecule has 1 aromatic heterocycles. The van der Waals surface area contributed by atoms with E-state index in [4.69, 9.17) is 0 Å². The molecule has 1 aliphatic rings. The minimum absolute atomic E-state index is 0.795. The third-order valence-corrected chi connectivity index (χ3v) is 5.82. The summed E-state index contributed by atoms with van der Waals surface area (Å²) >= 11 is 0. The first-order valence-electron chi connectivity index (χ1n) is 9.64. The molecule has 2 heteroatoms. The molecule has 2 atom stereocenters. The van der Waals surface area contributed by atoms with Crippen LogP contribution in [0.3, 0.4) is 0 Å². The van der Waals surface area contributed by atoms with E-state index >= 15 is 0 Å². The average Bonchev–Trinajstić information content (AvgIpc) is 3.06. The van der Waals surface area contributed by atoms with Crippen LogP contribution in [0.2, 0.25) is 0 Å². The fourth-order valence-corrected chi connectivity index (χ4v) is 4.40. The lowest BCUT2D eigenvalue weighted by Crippen LogP contribution is -2.40. The molecule has 0 unspecified atom stereocenters. The van der Waals surface area contributed by atoms with Crippen LogP contribution in [0.1, 0.15) is 31.0 Å². The SMILES string of the molecule is CC[C@@H]1CN(Cc2ccccc2)CC[C@@H]1Cc1cc2ccccc2[nH]1. The smallest absolute Gasteiger partial charge is 0.0456 e. The second-order valence-corrected chi connectivity index (χ2v) is 7.52. The van der Waals surface area contributed by atoms with Gasteiger partial charge in [0.25, 0.3) is 0 Å². The number of fused-ring (bicyclic) bond motifs is 1. The van der Waals surface area contributed by atoms with Gasteiger partial charge in [-0.25, -0.2) is 0 Å². The molecule has 2 aromatic carbocycles. The summed E-state index contributed by atoms with van der Waals surface area (Å²) in [7, 11) is 0. The van der Waals surface area contributed by atoms with Crippen molar-refractivity contribution in [3.63, 3.8) is 0 Å². The maximum absolute atomic E-state index is 3.62. The maximum Gasteiger partial charge on any atom is 0.0456 e. The van der Waals surface area contributed by atoms with E-state index < -0.39 is 0 Å². The van der Waals surface area contributed by atoms with E-state index in [1.807, 2.05) is 0 Å². The monoisotopic (exact) mass is 332 g/mol. The van der Waals surface area contributed by atoms with Gasteiger partial charge in [0, 0.05) is 24.3 Å². The van der Waals surface area contributed by atoms with Crippen LogP contribution >= 0.6 is 0 Å². The molecule has 3 aromatic rings. The van der Waals surface area contributed by atoms with Gasteiger partial charge in [0.05, 0.1) is 0 Å². The van der Waals surface area contributed by atoms with Crippen LogP contribution in [0.4, 0.5) is 0 Å². The number of nitrogens with one attached hydrogen (secondary N) is 1. The highest BCUT2D eigenvalue weighted by Crippen LogP contribution is 2.30. The van der Waals surface area contributed by atoms with Gasteiger partial charge in [-0.3, -0.25) is 4.90 Å². The molecule has 2 heterocycles. The van der Waals surface area contributed by atoms with Gasteiger partial charge >= 0.3 is 0 Å². The molecule has 4 rings (SSSR count). The molecular formula is C23H28N2. The van der Waals surface area contributed by atoms with E-state index in [1.54, 1.807) is 0 Å². The summed E-state index contributed by atoms with van der Waals surface area (Å²) in [4.78, 5) is 6.27. The summed E-state index contributed by atoms with van der Waals surface area (Å²) in [5.41, 5.74) is 4.11. The van der Waals surface area contributed by atoms with Crippen molar-refractivity contribution in [1.29, 1.82) is 0 Å². The fourth-order valence-electron chi connectivity index (χ4n) is 4.40. The number of aromatic nitrogens is 1. The first-order chi connectivity index (χ1) is 12.3. The molecule has 0 radical (unpaired) electrons. The quantitative estimate of drug-likeness (QED) is 0.675. The highest BCUT2D eigenvalue weighted by Gasteiger charge is 2.28. The summed E-state index contributed by atoms with van der Waals surface area (Å²) in [5, 5.41) is 1.34. The third kappa shape index (κ3) is 3.80. The van der Waals surface area contributed by atoms with Crippen molar-refractivity contribution in [1.82, 2.24) is 9.88 Å². The number of hydrogen-bond acceptors (Lipinski definition) is 1. The first kappa shape index (κ1) is 16.4. The highest BCUT2D eigenvalue weighted by molar-refractivity contribution is 5.80. The molecule has 1 fully saturated rings. The van der Waals surface area contributed by atoms with E-state index in [-0.39, 0.29) is 0 Å². The largest absolute Gasteiger partial charge is 0.358 e. The van der Waals surface area contributed by atoms with Gasteiger partial charge < -0.3 is 4.98 Å². The van der Waals surface area contributed by atoms with E-state index in [0.717, 1.165) is 18.4 Å². The normalized spacial score (nSPS) is 21.6. The Labute approximate surface area is 150 Å². The summed E-state index contributed by atoms with van der Waals surface area (Å²) in [6, 6.07) is 21.9. The van der Waals surface area contributed by atoms with E-state index in [0.29, 0.717) is 0 Å². The lowest BCUT2D eigenvalue weighted by atomic mass is 9.80. The molecule has 0 saturated carbocycles. The summed E-state index contributed by atoms with van der Waals surface area (Å²) in [6.45, 7) is 5.90. The topological polar surface area (TPSA) is 19.0 Å². The molecule has 1 saturated heterocycles. The standard InChI is InChI=1S/C23H28N2/c1-2-19-17-25(16-18-8-4-3-5-9-18)13-12-20(19)14-22-15-21-10-6-7-11-23(21)24-22/h3-11,15,19-20,24H,2,12-14,16-17H2,1H3/t19-,20-/m1/s1. The zero-order valence-electron chi connectivity index (χ0n) is 15.1. The number of para-hydroxylation sites is 1. The van der Waals surface area contributed by atoms with E-state index in [1.165, 1.54) is 54.5 Å². The number of hydrogen-bond donors (Lipinski definition) is 1. The Morgan fingerprint density at radius 3 is 2.60 bits per heavy atom. The van der Waals surface area contributed by atoms with Gasteiger partial charge in [-0.1, -0.05) is 61.9 Å². The second-order valence-electron chi connectivity index (χ2n) is 7.52. The predicted octanol–water partition coefficient (Wildman–Crippen LogP) is 5.26. The van der Waals surface area contributed by atoms with Crippen molar-refractivity contribution in [2.24, 2.45) is 11.8 Å². The number of likely N-dealkylation sites (tertiary alicyclic amines) is 1. The van der Waals surface area contributed by atoms with Gasteiger partial charge in [0.2, 0.25) is 0 Å². The Balaban J connectivity index is 1.41. The zero-order chi connectivity index (χ0) is 17.1. The van der Waals surface area contributed by atoms with Crippen molar-refractivity contribution in [2.45, 2.75) is 32.7 Å². The highest BCUT2D eigenvalue weighted by atomic mass is 15.1. The van der Waals surface area contributed by atoms with Crippen LogP contribution in [-0.2, 0) is 13.0 Å². The van der Waals surface area contributed by atoms with Gasteiger partial charge in [-0.05, 0) is 54.3 Å². The molecule has 0 spiro atoms. The number of rotatable bonds is 5. The first-order valence-corrected chi connectivity index (χ1v) is 9.64. The Morgan fingerprint density at radius 2 is 1.80 bits per heavy atom. The molecule has 1 aliphatic heterocycles. The van der Waals surface area contributed by atoms with Crippen molar-refractivity contribution in [3.05, 3.63) is 71.9 Å². The molecule has 25 heavy (non-hydrogen) atoms. The molecule has 2 nitrogen and oxygen atoms in total. The predicted molar refractivity (Wildman–Crippen MR) is 106 cm³/mol. The van der Waals surface area contributed by atoms with E-state index in [9.17, 15) is 0 Å². The van der Waals surface area contributed by atoms with Crippen LogP contribution in [-0.4, -0.2) is 23.0 Å². The number of piperidine rings is 1. The van der Waals surface area contributed by atoms with Crippen LogP contribution in [0.25, 0.3) is 10.9 Å². The van der Waals surface area contributed by atoms with Gasteiger partial charge in [-0.2, -0.15) is 0 Å². The molecular weight excluding hydrogens is 304 g/mol. The average molecular weight is 332 g/mol. The van der Waals surface area contributed by atoms with Crippen molar-refractivity contribution < 1.29 is 0 Å². The molecule has 0 amide bonds. The summed E-state index contributed by atoms with van der Waals surface area (Å²) in [5.74, 6) is 1.59. The van der Waals surface area contributed by atoms with Gasteiger partial charge in [-0.15, -0.1) is 0 Å². The van der Waals surface area contributed by atoms with Crippen molar-refractivity contribution >= 4 is 10.9 Å². The van der Waals surface area contributed by atoms with Crippen molar-refractivity contribution in [3.8, 4) is 0 Å². The van der Waals surface area contributed by atoms with E-state index in [2.05, 4.69) is 77.5 Å². The van der Waals surface area contributed by atoms with Gasteiger partial charge in [0.1, 0.15) is 0 Å². The Bertz CT molecular complexity index is 772. The maximum atomic E-state index is 3.62. The number of benzene rings is 2. The Morgan fingerprint density at radius 1 is 1.00 bits per heavy atom. The zero-order valence-corrected chi connectivity index (χ0v) is 15.1. The molecule has 1 N–H and O–H groups in total. The second kappa shape index (κ2) is 7.45. The Hall–Kier alpha value is -2.06. The van der Waals surface area contributed by atoms with Crippen LogP contribution in [0, 0.1) is 11.8 Å². The number of aromatic amines is 1. The molecule has 130 valence electrons. The van der Waals surface area contributed by atoms with Crippen LogP contribution in [0.15, 0.2) is 60.7 Å². The Kier molecular flexibility index (Phi) is 4.89. The minimum Gasteiger partial charge on any atom is -0.358 e. The fraction of sp³-hybridized carbons (Fsp3) is 0.391. The van der Waals surface area contributed by atoms with Crippen molar-refractivity contribution in [2.75, 3.05) is 13.1 Å². The third-order valence-electron chi connectivity index (χ3n) is 5.82. The minimum atomic E-state index is 0.795. The molecule has 0 aliphatic carbocycles. The number of H-pyrrole nitrogens is 1. The van der Waals surface area contributed by atoms with Crippen LogP contribution in [0.5, 0.6) is 0 Å². The van der Waals surface area contributed by atoms with Crippen LogP contribution < -0.4 is 0 Å². The lowest BCUT2D eigenvalue weighted by Gasteiger charge is -2.38. The lowest BCUT2D eigenvalue weighted by molar-refractivity contribution is 0.109.